The topological polar surface area (TPSA) is 81.1 Å². The number of hydrogen-bond acceptors (Lipinski definition) is 5. The molecule has 78 valence electrons. The summed E-state index contributed by atoms with van der Waals surface area (Å²) < 4.78 is 0. The lowest BCUT2D eigenvalue weighted by Gasteiger charge is -2.20. The van der Waals surface area contributed by atoms with Crippen LogP contribution in [0.15, 0.2) is 6.07 Å². The van der Waals surface area contributed by atoms with E-state index in [-0.39, 0.29) is 5.95 Å². The Balaban J connectivity index is 3.01. The number of rotatable bonds is 4. The van der Waals surface area contributed by atoms with Gasteiger partial charge in [-0.05, 0) is 13.8 Å². The average Bonchev–Trinajstić information content (AvgIpc) is 2.19. The molecule has 5 heteroatoms. The number of aromatic nitrogens is 2. The fourth-order valence-electron chi connectivity index (χ4n) is 1.32. The van der Waals surface area contributed by atoms with E-state index in [2.05, 4.69) is 28.7 Å². The molecule has 0 radical (unpaired) electrons. The van der Waals surface area contributed by atoms with E-state index in [1.165, 1.54) is 0 Å². The normalized spacial score (nSPS) is 10.2. The van der Waals surface area contributed by atoms with E-state index in [0.717, 1.165) is 24.6 Å². The summed E-state index contributed by atoms with van der Waals surface area (Å²) >= 11 is 0. The fraction of sp³-hybridized carbons (Fsp3) is 0.556. The molecule has 1 heterocycles. The molecule has 0 bridgehead atoms. The maximum Gasteiger partial charge on any atom is 0.222 e. The van der Waals surface area contributed by atoms with Crippen molar-refractivity contribution in [1.82, 2.24) is 9.97 Å². The van der Waals surface area contributed by atoms with Crippen LogP contribution in [0.1, 0.15) is 19.5 Å². The summed E-state index contributed by atoms with van der Waals surface area (Å²) in [6.45, 7) is 6.34. The number of hydrogen-bond donors (Lipinski definition) is 2. The first-order valence-corrected chi connectivity index (χ1v) is 4.79. The Labute approximate surface area is 84.1 Å². The Kier molecular flexibility index (Phi) is 3.64. The van der Waals surface area contributed by atoms with Gasteiger partial charge in [-0.2, -0.15) is 4.98 Å². The van der Waals surface area contributed by atoms with Crippen molar-refractivity contribution in [2.45, 2.75) is 20.4 Å². The average molecular weight is 195 g/mol. The minimum absolute atomic E-state index is 0.287. The minimum atomic E-state index is 0.287. The highest BCUT2D eigenvalue weighted by atomic mass is 15.2. The van der Waals surface area contributed by atoms with Crippen LogP contribution in [0.3, 0.4) is 0 Å². The van der Waals surface area contributed by atoms with Crippen LogP contribution in [0, 0.1) is 0 Å². The quantitative estimate of drug-likeness (QED) is 0.725. The van der Waals surface area contributed by atoms with E-state index in [4.69, 9.17) is 11.5 Å². The van der Waals surface area contributed by atoms with Crippen molar-refractivity contribution < 1.29 is 0 Å². The summed E-state index contributed by atoms with van der Waals surface area (Å²) in [6, 6.07) is 1.88. The summed E-state index contributed by atoms with van der Waals surface area (Å²) in [6.07, 6.45) is 0. The molecule has 14 heavy (non-hydrogen) atoms. The van der Waals surface area contributed by atoms with Gasteiger partial charge in [0, 0.05) is 25.7 Å². The van der Waals surface area contributed by atoms with Gasteiger partial charge in [-0.25, -0.2) is 4.98 Å². The summed E-state index contributed by atoms with van der Waals surface area (Å²) in [5.41, 5.74) is 11.9. The molecule has 0 aromatic carbocycles. The van der Waals surface area contributed by atoms with E-state index in [9.17, 15) is 0 Å². The van der Waals surface area contributed by atoms with Crippen molar-refractivity contribution in [3.63, 3.8) is 0 Å². The lowest BCUT2D eigenvalue weighted by Crippen LogP contribution is -2.24. The van der Waals surface area contributed by atoms with Gasteiger partial charge >= 0.3 is 0 Å². The van der Waals surface area contributed by atoms with Crippen LogP contribution in [0.2, 0.25) is 0 Å². The number of nitrogen functional groups attached to an aromatic ring is 1. The zero-order valence-electron chi connectivity index (χ0n) is 8.70. The first-order valence-electron chi connectivity index (χ1n) is 4.79. The first kappa shape index (κ1) is 10.7. The molecule has 1 aromatic rings. The molecule has 0 aliphatic rings. The molecule has 0 atom stereocenters. The summed E-state index contributed by atoms with van der Waals surface area (Å²) in [5.74, 6) is 1.14. The van der Waals surface area contributed by atoms with Crippen molar-refractivity contribution in [3.05, 3.63) is 11.8 Å². The van der Waals surface area contributed by atoms with Gasteiger partial charge in [-0.3, -0.25) is 0 Å². The molecule has 0 spiro atoms. The SMILES string of the molecule is CCN(CC)c1cc(CN)nc(N)n1. The van der Waals surface area contributed by atoms with E-state index < -0.39 is 0 Å². The molecule has 0 aliphatic heterocycles. The Bertz CT molecular complexity index is 295. The molecular formula is C9H17N5. The van der Waals surface area contributed by atoms with Crippen LogP contribution >= 0.6 is 0 Å². The third-order valence-corrected chi connectivity index (χ3v) is 2.08. The summed E-state index contributed by atoms with van der Waals surface area (Å²) in [7, 11) is 0. The van der Waals surface area contributed by atoms with E-state index in [1.54, 1.807) is 0 Å². The third kappa shape index (κ3) is 2.32. The standard InChI is InChI=1S/C9H17N5/c1-3-14(4-2)8-5-7(6-10)12-9(11)13-8/h5H,3-4,6,10H2,1-2H3,(H2,11,12,13). The van der Waals surface area contributed by atoms with Gasteiger partial charge in [-0.15, -0.1) is 0 Å². The van der Waals surface area contributed by atoms with Gasteiger partial charge < -0.3 is 16.4 Å². The van der Waals surface area contributed by atoms with Gasteiger partial charge in [0.15, 0.2) is 0 Å². The maximum atomic E-state index is 5.58. The van der Waals surface area contributed by atoms with Crippen LogP contribution in [-0.4, -0.2) is 23.1 Å². The number of anilines is 2. The summed E-state index contributed by atoms with van der Waals surface area (Å²) in [5, 5.41) is 0. The van der Waals surface area contributed by atoms with Crippen LogP contribution in [0.5, 0.6) is 0 Å². The molecule has 4 N–H and O–H groups in total. The molecule has 1 aromatic heterocycles. The summed E-state index contributed by atoms with van der Waals surface area (Å²) in [4.78, 5) is 10.3. The minimum Gasteiger partial charge on any atom is -0.368 e. The maximum absolute atomic E-state index is 5.58. The predicted molar refractivity (Wildman–Crippen MR) is 57.9 cm³/mol. The predicted octanol–water partition coefficient (Wildman–Crippen LogP) is 0.364. The third-order valence-electron chi connectivity index (χ3n) is 2.08. The van der Waals surface area contributed by atoms with Crippen LogP contribution in [0.25, 0.3) is 0 Å². The highest BCUT2D eigenvalue weighted by Gasteiger charge is 2.06. The fourth-order valence-corrected chi connectivity index (χ4v) is 1.32. The Morgan fingerprint density at radius 2 is 1.93 bits per heavy atom. The second-order valence-electron chi connectivity index (χ2n) is 2.95. The van der Waals surface area contributed by atoms with Crippen molar-refractivity contribution in [3.8, 4) is 0 Å². The Morgan fingerprint density at radius 3 is 2.43 bits per heavy atom. The highest BCUT2D eigenvalue weighted by Crippen LogP contribution is 2.12. The molecule has 1 rings (SSSR count). The second kappa shape index (κ2) is 4.76. The zero-order chi connectivity index (χ0) is 10.6. The number of nitrogens with zero attached hydrogens (tertiary/aromatic N) is 3. The van der Waals surface area contributed by atoms with Crippen molar-refractivity contribution >= 4 is 11.8 Å². The molecule has 0 unspecified atom stereocenters. The lowest BCUT2D eigenvalue weighted by atomic mass is 10.3. The first-order chi connectivity index (χ1) is 6.71. The molecule has 0 saturated carbocycles. The van der Waals surface area contributed by atoms with Gasteiger partial charge in [0.2, 0.25) is 5.95 Å². The highest BCUT2D eigenvalue weighted by molar-refractivity contribution is 5.43. The number of nitrogens with two attached hydrogens (primary N) is 2. The van der Waals surface area contributed by atoms with Gasteiger partial charge in [0.1, 0.15) is 5.82 Å². The monoisotopic (exact) mass is 195 g/mol. The smallest absolute Gasteiger partial charge is 0.222 e. The molecule has 5 nitrogen and oxygen atoms in total. The van der Waals surface area contributed by atoms with E-state index >= 15 is 0 Å². The van der Waals surface area contributed by atoms with Crippen molar-refractivity contribution in [2.24, 2.45) is 5.73 Å². The molecular weight excluding hydrogens is 178 g/mol. The van der Waals surface area contributed by atoms with Crippen LogP contribution < -0.4 is 16.4 Å². The zero-order valence-corrected chi connectivity index (χ0v) is 8.70. The molecule has 0 fully saturated rings. The van der Waals surface area contributed by atoms with Crippen molar-refractivity contribution in [1.29, 1.82) is 0 Å². The van der Waals surface area contributed by atoms with Gasteiger partial charge in [0.05, 0.1) is 5.69 Å². The van der Waals surface area contributed by atoms with Crippen LogP contribution in [0.4, 0.5) is 11.8 Å². The molecule has 0 saturated heterocycles. The van der Waals surface area contributed by atoms with Crippen molar-refractivity contribution in [2.75, 3.05) is 23.7 Å². The second-order valence-corrected chi connectivity index (χ2v) is 2.95. The Hall–Kier alpha value is -1.36. The van der Waals surface area contributed by atoms with Gasteiger partial charge in [0.25, 0.3) is 0 Å². The molecule has 0 amide bonds. The lowest BCUT2D eigenvalue weighted by molar-refractivity contribution is 0.835. The Morgan fingerprint density at radius 1 is 1.29 bits per heavy atom. The van der Waals surface area contributed by atoms with E-state index in [0.29, 0.717) is 6.54 Å². The largest absolute Gasteiger partial charge is 0.368 e. The van der Waals surface area contributed by atoms with Gasteiger partial charge in [-0.1, -0.05) is 0 Å². The molecule has 0 aliphatic carbocycles. The van der Waals surface area contributed by atoms with E-state index in [1.807, 2.05) is 6.07 Å². The van der Waals surface area contributed by atoms with Crippen LogP contribution in [-0.2, 0) is 6.54 Å².